The Bertz CT molecular complexity index is 1220. The highest BCUT2D eigenvalue weighted by molar-refractivity contribution is 7.99. The van der Waals surface area contributed by atoms with Crippen molar-refractivity contribution in [1.82, 2.24) is 19.7 Å². The molecule has 2 aromatic carbocycles. The van der Waals surface area contributed by atoms with Gasteiger partial charge in [-0.05, 0) is 61.4 Å². The molecule has 2 aromatic heterocycles. The van der Waals surface area contributed by atoms with Crippen molar-refractivity contribution >= 4 is 17.5 Å². The molecule has 2 heterocycles. The molecule has 0 N–H and O–H groups in total. The predicted octanol–water partition coefficient (Wildman–Crippen LogP) is 4.93. The first kappa shape index (κ1) is 20.8. The molecule has 0 spiro atoms. The van der Waals surface area contributed by atoms with Gasteiger partial charge in [0.15, 0.2) is 16.8 Å². The molecule has 0 aliphatic heterocycles. The highest BCUT2D eigenvalue weighted by Crippen LogP contribution is 2.29. The van der Waals surface area contributed by atoms with Crippen molar-refractivity contribution in [1.29, 1.82) is 0 Å². The van der Waals surface area contributed by atoms with Gasteiger partial charge in [-0.1, -0.05) is 30.0 Å². The number of carbonyl (C=O) groups excluding carboxylic acids is 1. The Morgan fingerprint density at radius 2 is 1.81 bits per heavy atom. The van der Waals surface area contributed by atoms with Crippen molar-refractivity contribution in [3.8, 4) is 22.8 Å². The van der Waals surface area contributed by atoms with E-state index in [2.05, 4.69) is 41.2 Å². The number of rotatable bonds is 7. The number of nitrogens with zero attached hydrogens (tertiary/aromatic N) is 4. The first-order chi connectivity index (χ1) is 15.1. The Morgan fingerprint density at radius 3 is 2.55 bits per heavy atom. The minimum atomic E-state index is 0.00370. The van der Waals surface area contributed by atoms with E-state index in [1.54, 1.807) is 31.6 Å². The van der Waals surface area contributed by atoms with Crippen LogP contribution in [0.4, 0.5) is 0 Å². The Labute approximate surface area is 185 Å². The van der Waals surface area contributed by atoms with Crippen LogP contribution in [0.5, 0.6) is 5.75 Å². The van der Waals surface area contributed by atoms with Crippen LogP contribution in [0.25, 0.3) is 17.1 Å². The summed E-state index contributed by atoms with van der Waals surface area (Å²) in [4.78, 5) is 16.9. The average molecular weight is 431 g/mol. The maximum absolute atomic E-state index is 12.8. The number of hydrogen-bond acceptors (Lipinski definition) is 6. The second-order valence-electron chi connectivity index (χ2n) is 7.09. The number of benzene rings is 2. The quantitative estimate of drug-likeness (QED) is 0.306. The molecule has 0 bridgehead atoms. The van der Waals surface area contributed by atoms with Crippen LogP contribution in [0.15, 0.2) is 72.1 Å². The molecule has 4 aromatic rings. The summed E-state index contributed by atoms with van der Waals surface area (Å²) in [6, 6.07) is 17.2. The third-order valence-electron chi connectivity index (χ3n) is 5.04. The van der Waals surface area contributed by atoms with Crippen LogP contribution in [-0.4, -0.2) is 38.4 Å². The molecule has 6 nitrogen and oxygen atoms in total. The molecule has 0 atom stereocenters. The average Bonchev–Trinajstić information content (AvgIpc) is 3.24. The number of ketones is 1. The summed E-state index contributed by atoms with van der Waals surface area (Å²) in [5, 5.41) is 9.48. The largest absolute Gasteiger partial charge is 0.497 e. The van der Waals surface area contributed by atoms with Gasteiger partial charge in [0.05, 0.1) is 18.6 Å². The van der Waals surface area contributed by atoms with E-state index in [1.807, 2.05) is 34.9 Å². The third kappa shape index (κ3) is 4.51. The van der Waals surface area contributed by atoms with Gasteiger partial charge in [0.2, 0.25) is 0 Å². The molecule has 7 heteroatoms. The van der Waals surface area contributed by atoms with E-state index >= 15 is 0 Å². The van der Waals surface area contributed by atoms with E-state index in [-0.39, 0.29) is 11.5 Å². The fourth-order valence-electron chi connectivity index (χ4n) is 3.16. The summed E-state index contributed by atoms with van der Waals surface area (Å²) >= 11 is 1.37. The minimum Gasteiger partial charge on any atom is -0.497 e. The molecule has 0 amide bonds. The molecule has 0 unspecified atom stereocenters. The molecule has 0 saturated carbocycles. The van der Waals surface area contributed by atoms with Crippen molar-refractivity contribution in [2.45, 2.75) is 19.0 Å². The summed E-state index contributed by atoms with van der Waals surface area (Å²) < 4.78 is 7.22. The van der Waals surface area contributed by atoms with Crippen LogP contribution >= 0.6 is 11.8 Å². The van der Waals surface area contributed by atoms with Gasteiger partial charge in [-0.15, -0.1) is 10.2 Å². The van der Waals surface area contributed by atoms with E-state index < -0.39 is 0 Å². The fraction of sp³-hybridized carbons (Fsp3) is 0.167. The number of hydrogen-bond donors (Lipinski definition) is 0. The van der Waals surface area contributed by atoms with Crippen LogP contribution in [0.3, 0.4) is 0 Å². The van der Waals surface area contributed by atoms with Crippen LogP contribution in [-0.2, 0) is 0 Å². The van der Waals surface area contributed by atoms with E-state index in [1.165, 1.54) is 22.9 Å². The van der Waals surface area contributed by atoms with Gasteiger partial charge in [0, 0.05) is 23.5 Å². The summed E-state index contributed by atoms with van der Waals surface area (Å²) in [6.45, 7) is 4.16. The van der Waals surface area contributed by atoms with Gasteiger partial charge in [0.1, 0.15) is 5.75 Å². The topological polar surface area (TPSA) is 69.9 Å². The summed E-state index contributed by atoms with van der Waals surface area (Å²) in [5.74, 6) is 1.62. The minimum absolute atomic E-state index is 0.00370. The van der Waals surface area contributed by atoms with Crippen molar-refractivity contribution < 1.29 is 9.53 Å². The van der Waals surface area contributed by atoms with Crippen LogP contribution < -0.4 is 4.74 Å². The predicted molar refractivity (Wildman–Crippen MR) is 122 cm³/mol. The lowest BCUT2D eigenvalue weighted by Crippen LogP contribution is -2.05. The first-order valence-corrected chi connectivity index (χ1v) is 10.8. The number of ether oxygens (including phenoxy) is 1. The Kier molecular flexibility index (Phi) is 6.13. The van der Waals surface area contributed by atoms with Crippen molar-refractivity contribution in [3.05, 3.63) is 83.7 Å². The molecule has 4 rings (SSSR count). The second-order valence-corrected chi connectivity index (χ2v) is 8.03. The highest BCUT2D eigenvalue weighted by Gasteiger charge is 2.18. The molecule has 0 radical (unpaired) electrons. The van der Waals surface area contributed by atoms with Crippen molar-refractivity contribution in [2.75, 3.05) is 12.9 Å². The summed E-state index contributed by atoms with van der Waals surface area (Å²) in [6.07, 6.45) is 3.46. The van der Waals surface area contributed by atoms with Gasteiger partial charge in [0.25, 0.3) is 0 Å². The first-order valence-electron chi connectivity index (χ1n) is 9.80. The number of methoxy groups -OCH3 is 1. The molecule has 0 saturated heterocycles. The molecule has 0 aliphatic rings. The Balaban J connectivity index is 1.68. The zero-order chi connectivity index (χ0) is 21.8. The van der Waals surface area contributed by atoms with E-state index in [0.29, 0.717) is 22.3 Å². The van der Waals surface area contributed by atoms with E-state index in [4.69, 9.17) is 4.74 Å². The molecule has 0 aliphatic carbocycles. The van der Waals surface area contributed by atoms with Crippen LogP contribution in [0.1, 0.15) is 21.5 Å². The lowest BCUT2D eigenvalue weighted by atomic mass is 10.1. The van der Waals surface area contributed by atoms with Gasteiger partial charge < -0.3 is 4.74 Å². The van der Waals surface area contributed by atoms with Crippen LogP contribution in [0.2, 0.25) is 0 Å². The van der Waals surface area contributed by atoms with Gasteiger partial charge in [-0.3, -0.25) is 14.3 Å². The van der Waals surface area contributed by atoms with Crippen LogP contribution in [0, 0.1) is 13.8 Å². The monoisotopic (exact) mass is 430 g/mol. The number of pyridine rings is 1. The lowest BCUT2D eigenvalue weighted by molar-refractivity contribution is 0.102. The molecule has 156 valence electrons. The maximum atomic E-state index is 12.8. The standard InChI is InChI=1S/C24H22N4O2S/c1-16-7-8-20(13-17(16)2)28-23(18-9-11-25-12-10-18)26-27-24(28)31-15-22(29)19-5-4-6-21(14-19)30-3/h4-14H,15H2,1-3H3. The number of carbonyl (C=O) groups is 1. The SMILES string of the molecule is COc1cccc(C(=O)CSc2nnc(-c3ccncc3)n2-c2ccc(C)c(C)c2)c1. The fourth-order valence-corrected chi connectivity index (χ4v) is 4.01. The number of thioether (sulfide) groups is 1. The number of aromatic nitrogens is 4. The number of aryl methyl sites for hydroxylation is 2. The molecular weight excluding hydrogens is 408 g/mol. The maximum Gasteiger partial charge on any atom is 0.196 e. The lowest BCUT2D eigenvalue weighted by Gasteiger charge is -2.12. The van der Waals surface area contributed by atoms with Crippen molar-refractivity contribution in [3.63, 3.8) is 0 Å². The highest BCUT2D eigenvalue weighted by atomic mass is 32.2. The third-order valence-corrected chi connectivity index (χ3v) is 5.97. The second kappa shape index (κ2) is 9.14. The molecular formula is C24H22N4O2S. The van der Waals surface area contributed by atoms with Gasteiger partial charge in [-0.25, -0.2) is 0 Å². The molecule has 31 heavy (non-hydrogen) atoms. The number of Topliss-reactive ketones (excluding diaryl/α,β-unsaturated/α-hetero) is 1. The van der Waals surface area contributed by atoms with Gasteiger partial charge >= 0.3 is 0 Å². The summed E-state index contributed by atoms with van der Waals surface area (Å²) in [7, 11) is 1.59. The Morgan fingerprint density at radius 1 is 1.00 bits per heavy atom. The molecule has 0 fully saturated rings. The smallest absolute Gasteiger partial charge is 0.196 e. The van der Waals surface area contributed by atoms with E-state index in [0.717, 1.165) is 11.3 Å². The Hall–Kier alpha value is -3.45. The van der Waals surface area contributed by atoms with E-state index in [9.17, 15) is 4.79 Å². The van der Waals surface area contributed by atoms with Gasteiger partial charge in [-0.2, -0.15) is 0 Å². The zero-order valence-electron chi connectivity index (χ0n) is 17.6. The normalized spacial score (nSPS) is 10.8. The van der Waals surface area contributed by atoms with Crippen molar-refractivity contribution in [2.24, 2.45) is 0 Å². The zero-order valence-corrected chi connectivity index (χ0v) is 18.4. The summed E-state index contributed by atoms with van der Waals surface area (Å²) in [5.41, 5.74) is 4.86.